The number of aliphatic carboxylic acids is 1. The topological polar surface area (TPSA) is 54.4 Å². The van der Waals surface area contributed by atoms with Crippen LogP contribution in [0.1, 0.15) is 155 Å². The van der Waals surface area contributed by atoms with Gasteiger partial charge in [0.25, 0.3) is 0 Å². The molecule has 0 rings (SSSR count). The van der Waals surface area contributed by atoms with Crippen molar-refractivity contribution >= 4 is 11.8 Å². The normalized spacial score (nSPS) is 11.1. The standard InChI is InChI=1S/C26H50O3/c1-2-3-4-5-6-7-8-9-10-11-12-13-14-15-16-17-18-19-20-21-22-23-25(27)24-26(28)29/h2-24H2,1H3,(H,28,29). The van der Waals surface area contributed by atoms with E-state index in [2.05, 4.69) is 6.92 Å². The summed E-state index contributed by atoms with van der Waals surface area (Å²) >= 11 is 0. The van der Waals surface area contributed by atoms with Gasteiger partial charge in [-0.1, -0.05) is 135 Å². The smallest absolute Gasteiger partial charge is 0.310 e. The molecule has 0 heterocycles. The minimum Gasteiger partial charge on any atom is -0.481 e. The second-order valence-corrected chi connectivity index (χ2v) is 8.93. The first-order chi connectivity index (χ1) is 14.2. The van der Waals surface area contributed by atoms with Crippen molar-refractivity contribution in [3.8, 4) is 0 Å². The highest BCUT2D eigenvalue weighted by molar-refractivity contribution is 5.94. The van der Waals surface area contributed by atoms with Gasteiger partial charge in [-0.25, -0.2) is 0 Å². The van der Waals surface area contributed by atoms with Crippen LogP contribution in [0.4, 0.5) is 0 Å². The zero-order valence-electron chi connectivity index (χ0n) is 19.5. The lowest BCUT2D eigenvalue weighted by Gasteiger charge is -2.04. The fourth-order valence-corrected chi connectivity index (χ4v) is 4.01. The molecule has 0 aromatic rings. The molecule has 0 radical (unpaired) electrons. The van der Waals surface area contributed by atoms with Gasteiger partial charge >= 0.3 is 5.97 Å². The molecule has 0 aliphatic carbocycles. The molecule has 0 saturated heterocycles. The van der Waals surface area contributed by atoms with Crippen LogP contribution in [0.3, 0.4) is 0 Å². The Morgan fingerprint density at radius 3 is 1.03 bits per heavy atom. The first-order valence-corrected chi connectivity index (χ1v) is 12.9. The first kappa shape index (κ1) is 28.1. The molecular formula is C26H50O3. The van der Waals surface area contributed by atoms with Crippen LogP contribution in [0.15, 0.2) is 0 Å². The van der Waals surface area contributed by atoms with Crippen LogP contribution < -0.4 is 0 Å². The van der Waals surface area contributed by atoms with E-state index in [1.807, 2.05) is 0 Å². The average Bonchev–Trinajstić information content (AvgIpc) is 2.68. The number of ketones is 1. The van der Waals surface area contributed by atoms with E-state index in [9.17, 15) is 9.59 Å². The van der Waals surface area contributed by atoms with E-state index in [0.717, 1.165) is 12.8 Å². The third kappa shape index (κ3) is 25.1. The highest BCUT2D eigenvalue weighted by Crippen LogP contribution is 2.15. The highest BCUT2D eigenvalue weighted by atomic mass is 16.4. The van der Waals surface area contributed by atoms with E-state index in [1.165, 1.54) is 122 Å². The summed E-state index contributed by atoms with van der Waals surface area (Å²) < 4.78 is 0. The van der Waals surface area contributed by atoms with Crippen LogP contribution in [-0.4, -0.2) is 16.9 Å². The van der Waals surface area contributed by atoms with Gasteiger partial charge < -0.3 is 5.11 Å². The number of carbonyl (C=O) groups is 2. The average molecular weight is 411 g/mol. The van der Waals surface area contributed by atoms with Crippen LogP contribution in [-0.2, 0) is 9.59 Å². The lowest BCUT2D eigenvalue weighted by atomic mass is 10.0. The van der Waals surface area contributed by atoms with Crippen LogP contribution in [0.5, 0.6) is 0 Å². The number of carboxylic acids is 1. The fraction of sp³-hybridized carbons (Fsp3) is 0.923. The number of Topliss-reactive ketones (excluding diaryl/α,β-unsaturated/α-hetero) is 1. The molecular weight excluding hydrogens is 360 g/mol. The molecule has 29 heavy (non-hydrogen) atoms. The maximum Gasteiger partial charge on any atom is 0.310 e. The molecule has 0 aromatic carbocycles. The summed E-state index contributed by atoms with van der Waals surface area (Å²) in [5.41, 5.74) is 0. The molecule has 0 aliphatic heterocycles. The SMILES string of the molecule is CCCCCCCCCCCCCCCCCCCCCCCC(=O)CC(=O)O. The van der Waals surface area contributed by atoms with Gasteiger partial charge in [0.15, 0.2) is 0 Å². The Kier molecular flexibility index (Phi) is 22.7. The van der Waals surface area contributed by atoms with Crippen LogP contribution in [0, 0.1) is 0 Å². The Morgan fingerprint density at radius 1 is 0.483 bits per heavy atom. The number of hydrogen-bond acceptors (Lipinski definition) is 2. The zero-order chi connectivity index (χ0) is 21.4. The minimum atomic E-state index is -1.00. The van der Waals surface area contributed by atoms with E-state index < -0.39 is 5.97 Å². The molecule has 1 N–H and O–H groups in total. The molecule has 0 bridgehead atoms. The first-order valence-electron chi connectivity index (χ1n) is 12.9. The second-order valence-electron chi connectivity index (χ2n) is 8.93. The summed E-state index contributed by atoms with van der Waals surface area (Å²) in [6, 6.07) is 0. The maximum atomic E-state index is 11.3. The molecule has 0 aliphatic rings. The van der Waals surface area contributed by atoms with Crippen molar-refractivity contribution in [1.29, 1.82) is 0 Å². The van der Waals surface area contributed by atoms with Crippen molar-refractivity contribution in [2.75, 3.05) is 0 Å². The van der Waals surface area contributed by atoms with Gasteiger partial charge in [0, 0.05) is 6.42 Å². The maximum absolute atomic E-state index is 11.3. The molecule has 0 amide bonds. The Bertz CT molecular complexity index is 365. The Labute approximate surface area is 181 Å². The molecule has 3 nitrogen and oxygen atoms in total. The molecule has 0 spiro atoms. The van der Waals surface area contributed by atoms with Crippen molar-refractivity contribution < 1.29 is 14.7 Å². The fourth-order valence-electron chi connectivity index (χ4n) is 4.01. The van der Waals surface area contributed by atoms with Crippen LogP contribution in [0.2, 0.25) is 0 Å². The van der Waals surface area contributed by atoms with Gasteiger partial charge in [0.2, 0.25) is 0 Å². The van der Waals surface area contributed by atoms with E-state index in [0.29, 0.717) is 6.42 Å². The summed E-state index contributed by atoms with van der Waals surface area (Å²) in [5.74, 6) is -1.13. The van der Waals surface area contributed by atoms with Crippen molar-refractivity contribution in [3.63, 3.8) is 0 Å². The Balaban J connectivity index is 3.07. The molecule has 172 valence electrons. The van der Waals surface area contributed by atoms with Gasteiger partial charge in [-0.2, -0.15) is 0 Å². The summed E-state index contributed by atoms with van der Waals surface area (Å²) in [5, 5.41) is 8.53. The monoisotopic (exact) mass is 410 g/mol. The lowest BCUT2D eigenvalue weighted by molar-refractivity contribution is -0.140. The van der Waals surface area contributed by atoms with Gasteiger partial charge in [-0.05, 0) is 6.42 Å². The zero-order valence-corrected chi connectivity index (χ0v) is 19.5. The summed E-state index contributed by atoms with van der Waals surface area (Å²) in [6.45, 7) is 2.28. The van der Waals surface area contributed by atoms with Crippen LogP contribution >= 0.6 is 0 Å². The van der Waals surface area contributed by atoms with E-state index in [-0.39, 0.29) is 12.2 Å². The Morgan fingerprint density at radius 2 is 0.759 bits per heavy atom. The predicted octanol–water partition coefficient (Wildman–Crippen LogP) is 8.63. The summed E-state index contributed by atoms with van der Waals surface area (Å²) in [7, 11) is 0. The molecule has 0 unspecified atom stereocenters. The predicted molar refractivity (Wildman–Crippen MR) is 125 cm³/mol. The van der Waals surface area contributed by atoms with Crippen molar-refractivity contribution in [2.45, 2.75) is 155 Å². The molecule has 0 aromatic heterocycles. The van der Waals surface area contributed by atoms with Gasteiger partial charge in [0.1, 0.15) is 12.2 Å². The number of carbonyl (C=O) groups excluding carboxylic acids is 1. The van der Waals surface area contributed by atoms with Crippen LogP contribution in [0.25, 0.3) is 0 Å². The van der Waals surface area contributed by atoms with E-state index in [4.69, 9.17) is 5.11 Å². The second kappa shape index (κ2) is 23.4. The third-order valence-corrected chi connectivity index (χ3v) is 5.91. The Hall–Kier alpha value is -0.860. The third-order valence-electron chi connectivity index (χ3n) is 5.91. The number of hydrogen-bond donors (Lipinski definition) is 1. The summed E-state index contributed by atoms with van der Waals surface area (Å²) in [6.07, 6.45) is 28.5. The highest BCUT2D eigenvalue weighted by Gasteiger charge is 2.06. The molecule has 0 atom stereocenters. The van der Waals surface area contributed by atoms with Gasteiger partial charge in [-0.3, -0.25) is 9.59 Å². The molecule has 3 heteroatoms. The quantitative estimate of drug-likeness (QED) is 0.128. The minimum absolute atomic E-state index is 0.129. The number of unbranched alkanes of at least 4 members (excludes halogenated alkanes) is 20. The van der Waals surface area contributed by atoms with Crippen molar-refractivity contribution in [3.05, 3.63) is 0 Å². The lowest BCUT2D eigenvalue weighted by Crippen LogP contribution is -2.05. The van der Waals surface area contributed by atoms with Gasteiger partial charge in [-0.15, -0.1) is 0 Å². The van der Waals surface area contributed by atoms with E-state index >= 15 is 0 Å². The van der Waals surface area contributed by atoms with E-state index in [1.54, 1.807) is 0 Å². The van der Waals surface area contributed by atoms with Crippen molar-refractivity contribution in [2.24, 2.45) is 0 Å². The molecule has 0 fully saturated rings. The number of carboxylic acid groups (broad SMARTS) is 1. The van der Waals surface area contributed by atoms with Gasteiger partial charge in [0.05, 0.1) is 0 Å². The molecule has 0 saturated carbocycles. The van der Waals surface area contributed by atoms with Crippen molar-refractivity contribution in [1.82, 2.24) is 0 Å². The number of rotatable bonds is 24. The largest absolute Gasteiger partial charge is 0.481 e. The summed E-state index contributed by atoms with van der Waals surface area (Å²) in [4.78, 5) is 21.7.